The molecule has 0 radical (unpaired) electrons. The number of benzene rings is 5. The summed E-state index contributed by atoms with van der Waals surface area (Å²) in [7, 11) is 0. The highest BCUT2D eigenvalue weighted by molar-refractivity contribution is 7.58. The van der Waals surface area contributed by atoms with Gasteiger partial charge in [0.25, 0.3) is 0 Å². The van der Waals surface area contributed by atoms with Crippen molar-refractivity contribution in [3.8, 4) is 111 Å². The number of fused-ring (bicyclic) bond motifs is 16. The molecule has 7 aliphatic rings. The highest BCUT2D eigenvalue weighted by Crippen LogP contribution is 2.65. The summed E-state index contributed by atoms with van der Waals surface area (Å²) in [5.74, 6) is -0.840. The third kappa shape index (κ3) is 7.44. The molecule has 14 nitrogen and oxygen atoms in total. The Kier molecular flexibility index (Phi) is 12.0. The maximum atomic E-state index is 14.2. The first-order valence-corrected chi connectivity index (χ1v) is 34.8. The van der Waals surface area contributed by atoms with Crippen molar-refractivity contribution in [1.29, 1.82) is 42.1 Å². The Morgan fingerprint density at radius 3 is 1.02 bits per heavy atom. The number of ketones is 2. The summed E-state index contributed by atoms with van der Waals surface area (Å²) >= 11 is 8.95. The fraction of sp³-hybridized carbons (Fsp3) is 0.158. The van der Waals surface area contributed by atoms with Crippen molar-refractivity contribution in [3.63, 3.8) is 0 Å². The number of carbonyl (C=O) groups excluding carboxylic acids is 2. The number of thiophene rings is 4. The molecular weight excluding hydrogens is 1310 g/mol. The molecule has 450 valence electrons. The normalized spacial score (nSPS) is 16.9. The lowest BCUT2D eigenvalue weighted by atomic mass is 9.79. The molecule has 5 aromatic heterocycles. The zero-order valence-corrected chi connectivity index (χ0v) is 56.6. The first-order valence-electron chi connectivity index (χ1n) is 30.0. The predicted octanol–water partition coefficient (Wildman–Crippen LogP) is 18.9. The molecule has 1 aliphatic heterocycles. The van der Waals surface area contributed by atoms with E-state index in [1.807, 2.05) is 48.6 Å². The summed E-state index contributed by atoms with van der Waals surface area (Å²) in [6.07, 6.45) is 3.47. The number of rotatable bonds is 4. The van der Waals surface area contributed by atoms with E-state index >= 15 is 0 Å². The monoisotopic (exact) mass is 1340 g/mol. The standard InChI is InChI=1S/C76H38N12O2S6/c1-73(2)49-19-45-51(17-43(49)69-53(73)15-37(91-69)13-47-59(35(27-81)28-82)39-9-31(23-77)33(25-79)11-41(39)67(47)89)75(5,6)55-21-57(93-71(45)55)61-63-65(87-95-85-63)62(66-64(61)86-96-88-66)58-22-56-72(94-58)46-20-50-44(18-52(46)76(56,7)8)70-54(74(50,3)4)16-38(92-70)14-48-60(36(29-83)30-84)40-10-32(24-78)34(26-80)12-42(40)68(48)90/h9-22H,1-8H3/b47-13-,48-14-. The van der Waals surface area contributed by atoms with Crippen LogP contribution in [0.15, 0.2) is 104 Å². The lowest BCUT2D eigenvalue weighted by Gasteiger charge is -2.24. The molecule has 17 rings (SSSR count). The van der Waals surface area contributed by atoms with Crippen LogP contribution < -0.4 is 0 Å². The topological polar surface area (TPSA) is 275 Å². The van der Waals surface area contributed by atoms with Crippen molar-refractivity contribution >= 4 is 126 Å². The first kappa shape index (κ1) is 58.6. The molecule has 0 atom stereocenters. The maximum Gasteiger partial charge on any atom is 0.194 e. The summed E-state index contributed by atoms with van der Waals surface area (Å²) in [6.45, 7) is 17.9. The Morgan fingerprint density at radius 2 is 0.698 bits per heavy atom. The summed E-state index contributed by atoms with van der Waals surface area (Å²) in [4.78, 5) is 36.5. The lowest BCUT2D eigenvalue weighted by molar-refractivity contribution is 0.103. The van der Waals surface area contributed by atoms with Crippen LogP contribution in [-0.4, -0.2) is 20.3 Å². The number of allylic oxidation sites excluding steroid dienone is 6. The number of hydrogen-bond donors (Lipinski definition) is 0. The predicted molar refractivity (Wildman–Crippen MR) is 374 cm³/mol. The van der Waals surface area contributed by atoms with Crippen LogP contribution in [0.2, 0.25) is 0 Å². The quantitative estimate of drug-likeness (QED) is 0.117. The van der Waals surface area contributed by atoms with E-state index in [0.717, 1.165) is 85.1 Å². The first-order chi connectivity index (χ1) is 46.1. The highest BCUT2D eigenvalue weighted by atomic mass is 32.1. The molecule has 6 heterocycles. The number of nitrogens with zero attached hydrogens (tertiary/aromatic N) is 12. The second kappa shape index (κ2) is 19.7. The van der Waals surface area contributed by atoms with Gasteiger partial charge in [0.1, 0.15) is 82.1 Å². The van der Waals surface area contributed by atoms with Crippen LogP contribution in [0.3, 0.4) is 0 Å². The van der Waals surface area contributed by atoms with E-state index in [1.165, 1.54) is 102 Å². The zero-order chi connectivity index (χ0) is 66.9. The molecule has 20 heteroatoms. The molecule has 0 bridgehead atoms. The fourth-order valence-corrected chi connectivity index (χ4v) is 22.0. The van der Waals surface area contributed by atoms with Gasteiger partial charge in [-0.05, 0) is 163 Å². The number of nitriles is 8. The second-order valence-corrected chi connectivity index (χ2v) is 31.9. The molecule has 0 spiro atoms. The van der Waals surface area contributed by atoms with Gasteiger partial charge in [0, 0.05) is 105 Å². The van der Waals surface area contributed by atoms with Gasteiger partial charge >= 0.3 is 0 Å². The SMILES string of the molecule is CC1(C)c2cc3c(cc2-c2sc(/C=C4\C(=O)c5cc(C#N)c(C#N)cc5C4=C(C#N)C#N)cc21)C(C)(C)c1cc(-c2c4c(c(-c5cc6c(s5)-c5cc7c(cc5C6(C)C)-c5sc(/C=C6\C(=O)c8cc(C#N)c(C#N)cc8C6=C(C#N)C#N)cc5C7(C)C)c5nsnc25)N=S=N4)sc1-3. The van der Waals surface area contributed by atoms with Crippen LogP contribution in [-0.2, 0) is 33.0 Å². The minimum Gasteiger partial charge on any atom is -0.289 e. The average molecular weight is 1340 g/mol. The molecule has 0 saturated carbocycles. The molecule has 0 N–H and O–H groups in total. The minimum atomic E-state index is -0.446. The fourth-order valence-electron chi connectivity index (χ4n) is 15.5. The smallest absolute Gasteiger partial charge is 0.194 e. The van der Waals surface area contributed by atoms with Gasteiger partial charge in [-0.1, -0.05) is 55.4 Å². The van der Waals surface area contributed by atoms with E-state index in [9.17, 15) is 51.7 Å². The van der Waals surface area contributed by atoms with E-state index in [0.29, 0.717) is 0 Å². The summed E-state index contributed by atoms with van der Waals surface area (Å²) in [5, 5.41) is 79.7. The Morgan fingerprint density at radius 1 is 0.385 bits per heavy atom. The number of aromatic nitrogens is 2. The average Bonchev–Trinajstić information content (AvgIpc) is 1.53. The molecule has 10 aromatic rings. The molecule has 0 unspecified atom stereocenters. The molecule has 96 heavy (non-hydrogen) atoms. The Bertz CT molecular complexity index is 5820. The van der Waals surface area contributed by atoms with Crippen molar-refractivity contribution in [1.82, 2.24) is 8.75 Å². The molecule has 6 aliphatic carbocycles. The Hall–Kier alpha value is -11.2. The number of hydrogen-bond acceptors (Lipinski definition) is 19. The lowest BCUT2D eigenvalue weighted by Crippen LogP contribution is -2.17. The number of Topliss-reactive ketones (excluding diaryl/α,β-unsaturated/α-hetero) is 2. The third-order valence-electron chi connectivity index (χ3n) is 20.4. The third-order valence-corrected chi connectivity index (χ3v) is 26.1. The van der Waals surface area contributed by atoms with Gasteiger partial charge in [-0.2, -0.15) is 59.6 Å². The van der Waals surface area contributed by atoms with Crippen molar-refractivity contribution in [2.45, 2.75) is 77.0 Å². The Balaban J connectivity index is 0.711. The van der Waals surface area contributed by atoms with E-state index in [-0.39, 0.29) is 77.9 Å². The maximum absolute atomic E-state index is 14.2. The van der Waals surface area contributed by atoms with Gasteiger partial charge in [0.05, 0.1) is 45.3 Å². The zero-order valence-electron chi connectivity index (χ0n) is 51.7. The van der Waals surface area contributed by atoms with Crippen LogP contribution >= 0.6 is 57.1 Å². The second-order valence-electron chi connectivity index (χ2n) is 26.6. The number of carbonyl (C=O) groups is 2. The van der Waals surface area contributed by atoms with Crippen molar-refractivity contribution in [2.75, 3.05) is 0 Å². The molecule has 0 fully saturated rings. The van der Waals surface area contributed by atoms with Crippen LogP contribution in [0.4, 0.5) is 11.4 Å². The van der Waals surface area contributed by atoms with Gasteiger partial charge in [0.15, 0.2) is 11.6 Å². The van der Waals surface area contributed by atoms with E-state index in [1.54, 1.807) is 57.5 Å². The molecule has 0 saturated heterocycles. The molecule has 0 amide bonds. The summed E-state index contributed by atoms with van der Waals surface area (Å²) in [6, 6.07) is 39.6. The van der Waals surface area contributed by atoms with Gasteiger partial charge < -0.3 is 0 Å². The van der Waals surface area contributed by atoms with Crippen LogP contribution in [0.25, 0.3) is 97.0 Å². The summed E-state index contributed by atoms with van der Waals surface area (Å²) < 4.78 is 20.2. The summed E-state index contributed by atoms with van der Waals surface area (Å²) in [5.41, 5.74) is 18.5. The van der Waals surface area contributed by atoms with E-state index in [4.69, 9.17) is 17.5 Å². The largest absolute Gasteiger partial charge is 0.289 e. The van der Waals surface area contributed by atoms with Crippen molar-refractivity contribution in [3.05, 3.63) is 194 Å². The van der Waals surface area contributed by atoms with Gasteiger partial charge in [-0.25, -0.2) is 0 Å². The highest BCUT2D eigenvalue weighted by Gasteiger charge is 2.48. The van der Waals surface area contributed by atoms with Gasteiger partial charge in [-0.15, -0.1) is 45.3 Å². The van der Waals surface area contributed by atoms with Gasteiger partial charge in [0.2, 0.25) is 0 Å². The molecule has 5 aromatic carbocycles. The molecular formula is C76H38N12O2S6. The van der Waals surface area contributed by atoms with Gasteiger partial charge in [-0.3, -0.25) is 9.59 Å². The van der Waals surface area contributed by atoms with Crippen molar-refractivity contribution < 1.29 is 9.59 Å². The minimum absolute atomic E-state index is 0.0447. The van der Waals surface area contributed by atoms with E-state index in [2.05, 4.69) is 104 Å². The van der Waals surface area contributed by atoms with Crippen molar-refractivity contribution in [2.24, 2.45) is 8.73 Å². The van der Waals surface area contributed by atoms with Crippen LogP contribution in [0.5, 0.6) is 0 Å². The van der Waals surface area contributed by atoms with Crippen LogP contribution in [0.1, 0.15) is 164 Å². The van der Waals surface area contributed by atoms with E-state index < -0.39 is 33.2 Å². The van der Waals surface area contributed by atoms with Crippen LogP contribution in [0, 0.1) is 90.6 Å². The Labute approximate surface area is 572 Å².